The minimum absolute atomic E-state index is 0.0464. The number of carbonyl (C=O) groups is 1. The minimum atomic E-state index is -0.277. The van der Waals surface area contributed by atoms with E-state index in [0.29, 0.717) is 39.6 Å². The molecule has 2 aromatic rings. The molecule has 3 rings (SSSR count). The Labute approximate surface area is 174 Å². The molecule has 1 unspecified atom stereocenters. The first-order valence-electron chi connectivity index (χ1n) is 9.09. The predicted molar refractivity (Wildman–Crippen MR) is 113 cm³/mol. The standard InChI is InChI=1S/C19H22Cl2N6O/c1-4-7-22-19-23-9-14(12(3)24-19)18(28)25-17-11(2)10-27(26-17)13-5-6-15(20)16(21)8-13/h5-6,8-9,11H,4,7,10H2,1-3H3,(H,22,23,24)(H,25,26,28). The van der Waals surface area contributed by atoms with E-state index in [4.69, 9.17) is 23.2 Å². The van der Waals surface area contributed by atoms with Crippen LogP contribution in [0.2, 0.25) is 10.0 Å². The fourth-order valence-electron chi connectivity index (χ4n) is 2.77. The Hall–Kier alpha value is -2.38. The summed E-state index contributed by atoms with van der Waals surface area (Å²) in [6, 6.07) is 5.32. The highest BCUT2D eigenvalue weighted by Crippen LogP contribution is 2.29. The first-order valence-corrected chi connectivity index (χ1v) is 9.84. The van der Waals surface area contributed by atoms with Gasteiger partial charge in [0.15, 0.2) is 0 Å². The van der Waals surface area contributed by atoms with Crippen LogP contribution in [0.1, 0.15) is 36.3 Å². The van der Waals surface area contributed by atoms with E-state index in [2.05, 4.69) is 32.6 Å². The second kappa shape index (κ2) is 8.75. The third-order valence-electron chi connectivity index (χ3n) is 4.34. The zero-order chi connectivity index (χ0) is 20.3. The van der Waals surface area contributed by atoms with Crippen molar-refractivity contribution in [1.29, 1.82) is 0 Å². The van der Waals surface area contributed by atoms with Gasteiger partial charge >= 0.3 is 0 Å². The molecule has 0 fully saturated rings. The van der Waals surface area contributed by atoms with Crippen molar-refractivity contribution in [2.45, 2.75) is 27.2 Å². The van der Waals surface area contributed by atoms with Crippen molar-refractivity contribution in [2.24, 2.45) is 11.0 Å². The number of hydrogen-bond acceptors (Lipinski definition) is 6. The molecule has 2 heterocycles. The summed E-state index contributed by atoms with van der Waals surface area (Å²) in [5.74, 6) is 0.878. The Kier molecular flexibility index (Phi) is 6.36. The summed E-state index contributed by atoms with van der Waals surface area (Å²) >= 11 is 12.1. The van der Waals surface area contributed by atoms with E-state index in [1.54, 1.807) is 24.1 Å². The molecule has 1 aromatic heterocycles. The van der Waals surface area contributed by atoms with E-state index in [9.17, 15) is 4.79 Å². The van der Waals surface area contributed by atoms with Crippen molar-refractivity contribution in [1.82, 2.24) is 15.3 Å². The highest BCUT2D eigenvalue weighted by Gasteiger charge is 2.26. The maximum absolute atomic E-state index is 12.7. The van der Waals surface area contributed by atoms with Gasteiger partial charge < -0.3 is 10.6 Å². The van der Waals surface area contributed by atoms with Gasteiger partial charge in [0.05, 0.1) is 33.5 Å². The van der Waals surface area contributed by atoms with Crippen molar-refractivity contribution in [3.63, 3.8) is 0 Å². The zero-order valence-corrected chi connectivity index (χ0v) is 17.5. The second-order valence-corrected chi connectivity index (χ2v) is 7.45. The molecular formula is C19H22Cl2N6O. The van der Waals surface area contributed by atoms with Crippen molar-refractivity contribution >= 4 is 46.6 Å². The first-order chi connectivity index (χ1) is 13.4. The molecule has 0 spiro atoms. The summed E-state index contributed by atoms with van der Waals surface area (Å²) in [6.45, 7) is 7.26. The van der Waals surface area contributed by atoms with E-state index in [1.807, 2.05) is 13.0 Å². The normalized spacial score (nSPS) is 16.1. The Morgan fingerprint density at radius 3 is 2.79 bits per heavy atom. The molecule has 0 saturated heterocycles. The lowest BCUT2D eigenvalue weighted by atomic mass is 10.1. The Balaban J connectivity index is 1.73. The highest BCUT2D eigenvalue weighted by atomic mass is 35.5. The molecule has 1 aromatic carbocycles. The highest BCUT2D eigenvalue weighted by molar-refractivity contribution is 6.42. The number of aromatic nitrogens is 2. The summed E-state index contributed by atoms with van der Waals surface area (Å²) in [5, 5.41) is 13.3. The third-order valence-corrected chi connectivity index (χ3v) is 5.08. The Morgan fingerprint density at radius 1 is 1.32 bits per heavy atom. The molecule has 9 heteroatoms. The van der Waals surface area contributed by atoms with Gasteiger partial charge in [0.2, 0.25) is 5.95 Å². The van der Waals surface area contributed by atoms with E-state index in [-0.39, 0.29) is 11.8 Å². The van der Waals surface area contributed by atoms with E-state index < -0.39 is 0 Å². The summed E-state index contributed by atoms with van der Waals surface area (Å²) in [4.78, 5) is 21.2. The van der Waals surface area contributed by atoms with Gasteiger partial charge in [-0.05, 0) is 31.5 Å². The quantitative estimate of drug-likeness (QED) is 0.759. The molecule has 0 saturated carbocycles. The molecule has 1 aliphatic rings. The molecule has 1 aliphatic heterocycles. The molecule has 28 heavy (non-hydrogen) atoms. The molecule has 148 valence electrons. The van der Waals surface area contributed by atoms with Crippen LogP contribution in [0.5, 0.6) is 0 Å². The van der Waals surface area contributed by atoms with E-state index >= 15 is 0 Å². The minimum Gasteiger partial charge on any atom is -0.354 e. The SMILES string of the molecule is CCCNc1ncc(C(=O)NC2=NN(c3ccc(Cl)c(Cl)c3)CC2C)c(C)n1. The van der Waals surface area contributed by atoms with Gasteiger partial charge in [-0.2, -0.15) is 5.10 Å². The van der Waals surface area contributed by atoms with Gasteiger partial charge in [-0.1, -0.05) is 37.0 Å². The smallest absolute Gasteiger partial charge is 0.260 e. The summed E-state index contributed by atoms with van der Waals surface area (Å²) in [7, 11) is 0. The van der Waals surface area contributed by atoms with Gasteiger partial charge in [-0.25, -0.2) is 9.97 Å². The zero-order valence-electron chi connectivity index (χ0n) is 16.0. The number of hydrazone groups is 1. The van der Waals surface area contributed by atoms with Gasteiger partial charge in [0, 0.05) is 18.7 Å². The first kappa shape index (κ1) is 20.4. The molecule has 1 atom stereocenters. The predicted octanol–water partition coefficient (Wildman–Crippen LogP) is 4.11. The number of nitrogens with zero attached hydrogens (tertiary/aromatic N) is 4. The number of benzene rings is 1. The van der Waals surface area contributed by atoms with Crippen LogP contribution in [-0.2, 0) is 0 Å². The number of hydrogen-bond donors (Lipinski definition) is 2. The van der Waals surface area contributed by atoms with Crippen LogP contribution in [-0.4, -0.2) is 34.8 Å². The van der Waals surface area contributed by atoms with Crippen LogP contribution < -0.4 is 15.6 Å². The van der Waals surface area contributed by atoms with Gasteiger partial charge in [0.25, 0.3) is 5.91 Å². The number of amides is 1. The fraction of sp³-hybridized carbons (Fsp3) is 0.368. The fourth-order valence-corrected chi connectivity index (χ4v) is 3.06. The average Bonchev–Trinajstić information content (AvgIpc) is 3.02. The second-order valence-electron chi connectivity index (χ2n) is 6.64. The number of nitrogens with one attached hydrogen (secondary N) is 2. The lowest BCUT2D eigenvalue weighted by Gasteiger charge is -2.14. The van der Waals surface area contributed by atoms with Gasteiger partial charge in [-0.3, -0.25) is 9.80 Å². The lowest BCUT2D eigenvalue weighted by molar-refractivity contribution is 0.0974. The Bertz CT molecular complexity index is 917. The number of rotatable bonds is 5. The summed E-state index contributed by atoms with van der Waals surface area (Å²) < 4.78 is 0. The van der Waals surface area contributed by atoms with Crippen LogP contribution >= 0.6 is 23.2 Å². The van der Waals surface area contributed by atoms with Crippen molar-refractivity contribution in [3.05, 3.63) is 45.7 Å². The van der Waals surface area contributed by atoms with Crippen molar-refractivity contribution in [2.75, 3.05) is 23.4 Å². The molecule has 0 aliphatic carbocycles. The van der Waals surface area contributed by atoms with Gasteiger partial charge in [-0.15, -0.1) is 0 Å². The van der Waals surface area contributed by atoms with E-state index in [0.717, 1.165) is 18.7 Å². The topological polar surface area (TPSA) is 82.5 Å². The maximum atomic E-state index is 12.7. The molecule has 2 N–H and O–H groups in total. The van der Waals surface area contributed by atoms with Crippen LogP contribution in [0.25, 0.3) is 0 Å². The third kappa shape index (κ3) is 4.54. The van der Waals surface area contributed by atoms with Crippen molar-refractivity contribution < 1.29 is 4.79 Å². The van der Waals surface area contributed by atoms with Crippen LogP contribution in [0, 0.1) is 12.8 Å². The number of anilines is 2. The Morgan fingerprint density at radius 2 is 2.11 bits per heavy atom. The van der Waals surface area contributed by atoms with Crippen LogP contribution in [0.15, 0.2) is 29.5 Å². The summed E-state index contributed by atoms with van der Waals surface area (Å²) in [5.41, 5.74) is 1.85. The van der Waals surface area contributed by atoms with Crippen LogP contribution in [0.4, 0.5) is 11.6 Å². The summed E-state index contributed by atoms with van der Waals surface area (Å²) in [6.07, 6.45) is 2.50. The molecule has 0 bridgehead atoms. The monoisotopic (exact) mass is 420 g/mol. The average molecular weight is 421 g/mol. The van der Waals surface area contributed by atoms with Gasteiger partial charge in [0.1, 0.15) is 5.84 Å². The van der Waals surface area contributed by atoms with Crippen molar-refractivity contribution in [3.8, 4) is 0 Å². The number of aryl methyl sites for hydroxylation is 1. The molecule has 0 radical (unpaired) electrons. The molecular weight excluding hydrogens is 399 g/mol. The van der Waals surface area contributed by atoms with Crippen LogP contribution in [0.3, 0.4) is 0 Å². The number of halogens is 2. The maximum Gasteiger partial charge on any atom is 0.260 e. The van der Waals surface area contributed by atoms with E-state index in [1.165, 1.54) is 6.20 Å². The molecule has 1 amide bonds. The number of carbonyl (C=O) groups excluding carboxylic acids is 1. The molecule has 7 nitrogen and oxygen atoms in total. The number of amidine groups is 1. The largest absolute Gasteiger partial charge is 0.354 e. The lowest BCUT2D eigenvalue weighted by Crippen LogP contribution is -2.34.